The van der Waals surface area contributed by atoms with Gasteiger partial charge < -0.3 is 10.4 Å². The number of amides is 1. The van der Waals surface area contributed by atoms with Crippen molar-refractivity contribution in [2.75, 3.05) is 0 Å². The van der Waals surface area contributed by atoms with Gasteiger partial charge in [0.1, 0.15) is 5.82 Å². The van der Waals surface area contributed by atoms with Crippen molar-refractivity contribution in [1.29, 1.82) is 0 Å². The molecule has 1 aliphatic carbocycles. The quantitative estimate of drug-likeness (QED) is 0.719. The second-order valence-electron chi connectivity index (χ2n) is 5.26. The Labute approximate surface area is 111 Å². The first-order chi connectivity index (χ1) is 8.32. The van der Waals surface area contributed by atoms with Crippen molar-refractivity contribution in [3.8, 4) is 0 Å². The fourth-order valence-electron chi connectivity index (χ4n) is 2.07. The van der Waals surface area contributed by atoms with Crippen LogP contribution in [0.1, 0.15) is 30.6 Å². The van der Waals surface area contributed by atoms with Gasteiger partial charge in [-0.15, -0.1) is 12.6 Å². The Hall–Kier alpha value is -1.07. The van der Waals surface area contributed by atoms with Crippen molar-refractivity contribution in [1.82, 2.24) is 5.32 Å². The lowest BCUT2D eigenvalue weighted by Crippen LogP contribution is -2.61. The van der Waals surface area contributed by atoms with Gasteiger partial charge in [0.15, 0.2) is 0 Å². The third-order valence-electron chi connectivity index (χ3n) is 3.72. The van der Waals surface area contributed by atoms with Crippen LogP contribution in [0.4, 0.5) is 4.39 Å². The summed E-state index contributed by atoms with van der Waals surface area (Å²) in [5.41, 5.74) is -0.385. The fraction of sp³-hybridized carbons (Fsp3) is 0.462. The Morgan fingerprint density at radius 1 is 1.56 bits per heavy atom. The Kier molecular flexibility index (Phi) is 3.38. The van der Waals surface area contributed by atoms with Crippen molar-refractivity contribution >= 4 is 18.5 Å². The summed E-state index contributed by atoms with van der Waals surface area (Å²) in [6.45, 7) is 3.75. The second kappa shape index (κ2) is 4.55. The van der Waals surface area contributed by atoms with Gasteiger partial charge in [-0.3, -0.25) is 4.79 Å². The number of carbonyl (C=O) groups is 1. The van der Waals surface area contributed by atoms with Crippen LogP contribution in [-0.2, 0) is 0 Å². The zero-order valence-electron chi connectivity index (χ0n) is 10.3. The molecule has 0 aliphatic heterocycles. The lowest BCUT2D eigenvalue weighted by Gasteiger charge is -2.49. The number of aliphatic hydroxyl groups excluding tert-OH is 1. The first-order valence-corrected chi connectivity index (χ1v) is 6.24. The molecule has 0 aromatic heterocycles. The zero-order chi connectivity index (χ0) is 13.5. The summed E-state index contributed by atoms with van der Waals surface area (Å²) in [5.74, 6) is -1.03. The van der Waals surface area contributed by atoms with Crippen LogP contribution in [0.25, 0.3) is 0 Å². The van der Waals surface area contributed by atoms with E-state index in [2.05, 4.69) is 17.9 Å². The maximum Gasteiger partial charge on any atom is 0.254 e. The minimum absolute atomic E-state index is 0.0142. The first-order valence-electron chi connectivity index (χ1n) is 5.80. The van der Waals surface area contributed by atoms with Crippen LogP contribution in [0.3, 0.4) is 0 Å². The summed E-state index contributed by atoms with van der Waals surface area (Å²) >= 11 is 4.09. The molecule has 0 heterocycles. The molecule has 1 aromatic rings. The third kappa shape index (κ3) is 2.24. The molecule has 2 rings (SSSR count). The van der Waals surface area contributed by atoms with Crippen LogP contribution < -0.4 is 5.32 Å². The predicted octanol–water partition coefficient (Wildman–Crippen LogP) is 2.00. The van der Waals surface area contributed by atoms with Crippen LogP contribution in [0.2, 0.25) is 0 Å². The number of hydrogen-bond donors (Lipinski definition) is 3. The third-order valence-corrected chi connectivity index (χ3v) is 3.99. The van der Waals surface area contributed by atoms with Crippen LogP contribution in [-0.4, -0.2) is 23.2 Å². The molecule has 1 aromatic carbocycles. The number of carbonyl (C=O) groups excluding carboxylic acids is 1. The Balaban J connectivity index is 2.12. The molecule has 2 unspecified atom stereocenters. The molecule has 1 fully saturated rings. The number of rotatable bonds is 2. The highest BCUT2D eigenvalue weighted by molar-refractivity contribution is 7.80. The van der Waals surface area contributed by atoms with Gasteiger partial charge in [-0.05, 0) is 24.6 Å². The summed E-state index contributed by atoms with van der Waals surface area (Å²) < 4.78 is 13.5. The van der Waals surface area contributed by atoms with E-state index >= 15 is 0 Å². The lowest BCUT2D eigenvalue weighted by molar-refractivity contribution is -0.0689. The monoisotopic (exact) mass is 269 g/mol. The van der Waals surface area contributed by atoms with Crippen molar-refractivity contribution in [3.05, 3.63) is 29.6 Å². The van der Waals surface area contributed by atoms with Crippen LogP contribution in [0.5, 0.6) is 0 Å². The van der Waals surface area contributed by atoms with Crippen molar-refractivity contribution in [3.63, 3.8) is 0 Å². The van der Waals surface area contributed by atoms with Crippen LogP contribution >= 0.6 is 12.6 Å². The standard InChI is InChI=1S/C13H16FNO2S/c1-13(2)10(6-11(13)16)15-12(17)8-5-7(18)3-4-9(8)14/h3-5,10-11,16,18H,6H2,1-2H3,(H,15,17). The molecule has 1 aliphatic rings. The molecule has 0 spiro atoms. The summed E-state index contributed by atoms with van der Waals surface area (Å²) in [7, 11) is 0. The van der Waals surface area contributed by atoms with Crippen molar-refractivity contribution in [2.24, 2.45) is 5.41 Å². The van der Waals surface area contributed by atoms with E-state index in [0.29, 0.717) is 11.3 Å². The largest absolute Gasteiger partial charge is 0.392 e. The van der Waals surface area contributed by atoms with E-state index in [4.69, 9.17) is 0 Å². The Bertz CT molecular complexity index is 490. The van der Waals surface area contributed by atoms with Crippen molar-refractivity contribution < 1.29 is 14.3 Å². The van der Waals surface area contributed by atoms with E-state index in [1.54, 1.807) is 0 Å². The van der Waals surface area contributed by atoms with Gasteiger partial charge in [-0.2, -0.15) is 0 Å². The maximum atomic E-state index is 13.5. The molecule has 98 valence electrons. The van der Waals surface area contributed by atoms with Gasteiger partial charge >= 0.3 is 0 Å². The average Bonchev–Trinajstić information content (AvgIpc) is 2.31. The Morgan fingerprint density at radius 3 is 2.78 bits per heavy atom. The molecule has 0 saturated heterocycles. The van der Waals surface area contributed by atoms with Gasteiger partial charge in [-0.25, -0.2) is 4.39 Å². The van der Waals surface area contributed by atoms with Gasteiger partial charge in [0.25, 0.3) is 5.91 Å². The van der Waals surface area contributed by atoms with E-state index in [1.807, 2.05) is 13.8 Å². The highest BCUT2D eigenvalue weighted by atomic mass is 32.1. The molecule has 2 N–H and O–H groups in total. The molecular weight excluding hydrogens is 253 g/mol. The first kappa shape index (κ1) is 13.4. The molecule has 3 nitrogen and oxygen atoms in total. The molecule has 0 bridgehead atoms. The highest BCUT2D eigenvalue weighted by Gasteiger charge is 2.48. The zero-order valence-corrected chi connectivity index (χ0v) is 11.2. The Morgan fingerprint density at radius 2 is 2.22 bits per heavy atom. The minimum atomic E-state index is -0.567. The second-order valence-corrected chi connectivity index (χ2v) is 5.78. The predicted molar refractivity (Wildman–Crippen MR) is 69.3 cm³/mol. The van der Waals surface area contributed by atoms with E-state index in [1.165, 1.54) is 18.2 Å². The van der Waals surface area contributed by atoms with E-state index < -0.39 is 17.8 Å². The number of halogens is 1. The van der Waals surface area contributed by atoms with Gasteiger partial charge in [-0.1, -0.05) is 13.8 Å². The normalized spacial score (nSPS) is 25.4. The molecule has 18 heavy (non-hydrogen) atoms. The van der Waals surface area contributed by atoms with E-state index in [9.17, 15) is 14.3 Å². The van der Waals surface area contributed by atoms with E-state index in [0.717, 1.165) is 0 Å². The molecule has 1 amide bonds. The fourth-order valence-corrected chi connectivity index (χ4v) is 2.27. The molecule has 1 saturated carbocycles. The SMILES string of the molecule is CC1(C)C(O)CC1NC(=O)c1cc(S)ccc1F. The van der Waals surface area contributed by atoms with E-state index in [-0.39, 0.29) is 17.0 Å². The number of benzene rings is 1. The van der Waals surface area contributed by atoms with Gasteiger partial charge in [0.2, 0.25) is 0 Å². The molecule has 2 atom stereocenters. The molecular formula is C13H16FNO2S. The van der Waals surface area contributed by atoms with Crippen LogP contribution in [0.15, 0.2) is 23.1 Å². The summed E-state index contributed by atoms with van der Waals surface area (Å²) in [6.07, 6.45) is 0.0739. The number of hydrogen-bond acceptors (Lipinski definition) is 3. The molecule has 5 heteroatoms. The maximum absolute atomic E-state index is 13.5. The number of nitrogens with one attached hydrogen (secondary N) is 1. The topological polar surface area (TPSA) is 49.3 Å². The molecule has 0 radical (unpaired) electrons. The number of thiol groups is 1. The summed E-state index contributed by atoms with van der Waals surface area (Å²) in [6, 6.07) is 3.98. The summed E-state index contributed by atoms with van der Waals surface area (Å²) in [5, 5.41) is 12.3. The average molecular weight is 269 g/mol. The smallest absolute Gasteiger partial charge is 0.254 e. The van der Waals surface area contributed by atoms with Crippen molar-refractivity contribution in [2.45, 2.75) is 37.3 Å². The lowest BCUT2D eigenvalue weighted by atomic mass is 9.64. The summed E-state index contributed by atoms with van der Waals surface area (Å²) in [4.78, 5) is 12.5. The number of aliphatic hydroxyl groups is 1. The van der Waals surface area contributed by atoms with Crippen LogP contribution in [0, 0.1) is 11.2 Å². The van der Waals surface area contributed by atoms with Gasteiger partial charge in [0, 0.05) is 16.4 Å². The van der Waals surface area contributed by atoms with Gasteiger partial charge in [0.05, 0.1) is 11.7 Å². The highest BCUT2D eigenvalue weighted by Crippen LogP contribution is 2.40. The minimum Gasteiger partial charge on any atom is -0.392 e.